The maximum Gasteiger partial charge on any atom is 0.251 e. The molecule has 0 unspecified atom stereocenters. The maximum absolute atomic E-state index is 12.4. The lowest BCUT2D eigenvalue weighted by molar-refractivity contribution is -0.127. The summed E-state index contributed by atoms with van der Waals surface area (Å²) >= 11 is 0. The highest BCUT2D eigenvalue weighted by molar-refractivity contribution is 7.89. The van der Waals surface area contributed by atoms with Crippen molar-refractivity contribution in [1.82, 2.24) is 14.5 Å². The molecule has 2 rings (SSSR count). The summed E-state index contributed by atoms with van der Waals surface area (Å²) in [5.41, 5.74) is 0.209. The highest BCUT2D eigenvalue weighted by atomic mass is 32.2. The van der Waals surface area contributed by atoms with Crippen LogP contribution in [-0.4, -0.2) is 73.9 Å². The summed E-state index contributed by atoms with van der Waals surface area (Å²) < 4.78 is 25.8. The van der Waals surface area contributed by atoms with Crippen LogP contribution in [0.2, 0.25) is 0 Å². The van der Waals surface area contributed by atoms with E-state index in [0.29, 0.717) is 13.1 Å². The molecule has 1 saturated heterocycles. The zero-order chi connectivity index (χ0) is 18.6. The van der Waals surface area contributed by atoms with E-state index in [0.717, 1.165) is 4.31 Å². The van der Waals surface area contributed by atoms with E-state index < -0.39 is 15.9 Å². The Labute approximate surface area is 147 Å². The number of hydrogen-bond acceptors (Lipinski definition) is 5. The zero-order valence-corrected chi connectivity index (χ0v) is 15.1. The molecule has 1 atom stereocenters. The number of amides is 2. The van der Waals surface area contributed by atoms with Crippen LogP contribution >= 0.6 is 0 Å². The Kier molecular flexibility index (Phi) is 6.15. The number of nitrogens with one attached hydrogen (secondary N) is 1. The number of aliphatic hydroxyl groups is 1. The van der Waals surface area contributed by atoms with Crippen molar-refractivity contribution in [1.29, 1.82) is 0 Å². The molecule has 0 bridgehead atoms. The number of aliphatic hydroxyl groups excluding tert-OH is 1. The van der Waals surface area contributed by atoms with Gasteiger partial charge in [0, 0.05) is 38.7 Å². The summed E-state index contributed by atoms with van der Waals surface area (Å²) in [5.74, 6) is -0.424. The van der Waals surface area contributed by atoms with Gasteiger partial charge in [-0.05, 0) is 25.1 Å². The number of likely N-dealkylation sites (tertiary alicyclic amines) is 1. The Morgan fingerprint density at radius 2 is 2.16 bits per heavy atom. The first-order valence-electron chi connectivity index (χ1n) is 8.05. The lowest BCUT2D eigenvalue weighted by Gasteiger charge is -2.17. The first-order valence-corrected chi connectivity index (χ1v) is 9.49. The summed E-state index contributed by atoms with van der Waals surface area (Å²) in [6.07, 6.45) is 0.247. The maximum atomic E-state index is 12.4. The molecule has 1 aromatic rings. The van der Waals surface area contributed by atoms with Crippen LogP contribution < -0.4 is 5.32 Å². The topological polar surface area (TPSA) is 107 Å². The first kappa shape index (κ1) is 19.4. The molecule has 2 amide bonds. The van der Waals surface area contributed by atoms with Crippen LogP contribution in [0, 0.1) is 0 Å². The Morgan fingerprint density at radius 3 is 2.76 bits per heavy atom. The van der Waals surface area contributed by atoms with E-state index in [-0.39, 0.29) is 42.0 Å². The standard InChI is InChI=1S/C16H23N3O5S/c1-3-19-11-13(10-15(19)21)17-16(22)12-5-4-6-14(9-12)25(23,24)18(2)7-8-20/h4-6,9,13,20H,3,7-8,10-11H2,1-2H3,(H,17,22)/t13-/m0/s1. The van der Waals surface area contributed by atoms with Crippen molar-refractivity contribution >= 4 is 21.8 Å². The van der Waals surface area contributed by atoms with Crippen molar-refractivity contribution in [2.24, 2.45) is 0 Å². The van der Waals surface area contributed by atoms with Gasteiger partial charge in [-0.2, -0.15) is 4.31 Å². The fourth-order valence-electron chi connectivity index (χ4n) is 2.68. The third-order valence-electron chi connectivity index (χ3n) is 4.15. The van der Waals surface area contributed by atoms with E-state index in [1.54, 1.807) is 4.90 Å². The van der Waals surface area contributed by atoms with Gasteiger partial charge in [-0.3, -0.25) is 9.59 Å². The molecule has 1 fully saturated rings. The van der Waals surface area contributed by atoms with Gasteiger partial charge in [-0.25, -0.2) is 8.42 Å². The van der Waals surface area contributed by atoms with E-state index >= 15 is 0 Å². The number of likely N-dealkylation sites (N-methyl/N-ethyl adjacent to an activating group) is 2. The van der Waals surface area contributed by atoms with Gasteiger partial charge in [-0.15, -0.1) is 0 Å². The van der Waals surface area contributed by atoms with Crippen molar-refractivity contribution in [2.45, 2.75) is 24.3 Å². The van der Waals surface area contributed by atoms with Crippen molar-refractivity contribution < 1.29 is 23.1 Å². The van der Waals surface area contributed by atoms with Crippen LogP contribution in [0.3, 0.4) is 0 Å². The first-order chi connectivity index (χ1) is 11.8. The number of carbonyl (C=O) groups is 2. The van der Waals surface area contributed by atoms with E-state index in [2.05, 4.69) is 5.32 Å². The van der Waals surface area contributed by atoms with Gasteiger partial charge < -0.3 is 15.3 Å². The lowest BCUT2D eigenvalue weighted by Crippen LogP contribution is -2.37. The summed E-state index contributed by atoms with van der Waals surface area (Å²) in [5, 5.41) is 11.7. The normalized spacial score (nSPS) is 18.0. The predicted molar refractivity (Wildman–Crippen MR) is 91.5 cm³/mol. The predicted octanol–water partition coefficient (Wildman–Crippen LogP) is -0.350. The summed E-state index contributed by atoms with van der Waals surface area (Å²) in [7, 11) is -2.41. The van der Waals surface area contributed by atoms with Crippen LogP contribution in [0.5, 0.6) is 0 Å². The smallest absolute Gasteiger partial charge is 0.251 e. The highest BCUT2D eigenvalue weighted by Crippen LogP contribution is 2.17. The number of hydrogen-bond donors (Lipinski definition) is 2. The summed E-state index contributed by atoms with van der Waals surface area (Å²) in [4.78, 5) is 25.8. The molecule has 1 aliphatic heterocycles. The second-order valence-corrected chi connectivity index (χ2v) is 7.93. The third-order valence-corrected chi connectivity index (χ3v) is 6.00. The number of sulfonamides is 1. The highest BCUT2D eigenvalue weighted by Gasteiger charge is 2.30. The average molecular weight is 369 g/mol. The summed E-state index contributed by atoms with van der Waals surface area (Å²) in [6.45, 7) is 2.60. The van der Waals surface area contributed by atoms with Crippen molar-refractivity contribution in [3.05, 3.63) is 29.8 Å². The van der Waals surface area contributed by atoms with Gasteiger partial charge in [0.25, 0.3) is 5.91 Å². The van der Waals surface area contributed by atoms with Crippen LogP contribution in [0.15, 0.2) is 29.2 Å². The minimum Gasteiger partial charge on any atom is -0.395 e. The van der Waals surface area contributed by atoms with E-state index in [1.165, 1.54) is 31.3 Å². The van der Waals surface area contributed by atoms with Crippen LogP contribution in [0.25, 0.3) is 0 Å². The van der Waals surface area contributed by atoms with E-state index in [1.807, 2.05) is 6.92 Å². The lowest BCUT2D eigenvalue weighted by atomic mass is 10.2. The van der Waals surface area contributed by atoms with Gasteiger partial charge in [-0.1, -0.05) is 6.07 Å². The molecular weight excluding hydrogens is 346 g/mol. The van der Waals surface area contributed by atoms with Crippen molar-refractivity contribution in [3.8, 4) is 0 Å². The number of benzene rings is 1. The minimum atomic E-state index is -3.77. The second kappa shape index (κ2) is 7.94. The van der Waals surface area contributed by atoms with E-state index in [9.17, 15) is 18.0 Å². The summed E-state index contributed by atoms with van der Waals surface area (Å²) in [6, 6.07) is 5.43. The van der Waals surface area contributed by atoms with Gasteiger partial charge in [0.1, 0.15) is 0 Å². The molecule has 1 heterocycles. The number of nitrogens with zero attached hydrogens (tertiary/aromatic N) is 2. The third kappa shape index (κ3) is 4.36. The van der Waals surface area contributed by atoms with Crippen LogP contribution in [-0.2, 0) is 14.8 Å². The van der Waals surface area contributed by atoms with Gasteiger partial charge >= 0.3 is 0 Å². The number of carbonyl (C=O) groups excluding carboxylic acids is 2. The molecule has 1 aromatic carbocycles. The monoisotopic (exact) mass is 369 g/mol. The molecule has 0 radical (unpaired) electrons. The fourth-order valence-corrected chi connectivity index (χ4v) is 3.89. The van der Waals surface area contributed by atoms with Crippen LogP contribution in [0.1, 0.15) is 23.7 Å². The minimum absolute atomic E-state index is 0.00485. The molecule has 8 nitrogen and oxygen atoms in total. The Morgan fingerprint density at radius 1 is 1.44 bits per heavy atom. The quantitative estimate of drug-likeness (QED) is 0.683. The molecular formula is C16H23N3O5S. The van der Waals surface area contributed by atoms with Crippen LogP contribution in [0.4, 0.5) is 0 Å². The zero-order valence-electron chi connectivity index (χ0n) is 14.3. The van der Waals surface area contributed by atoms with Gasteiger partial charge in [0.15, 0.2) is 0 Å². The molecule has 138 valence electrons. The Hall–Kier alpha value is -1.97. The fraction of sp³-hybridized carbons (Fsp3) is 0.500. The molecule has 0 aliphatic carbocycles. The van der Waals surface area contributed by atoms with Gasteiger partial charge in [0.05, 0.1) is 17.5 Å². The molecule has 25 heavy (non-hydrogen) atoms. The average Bonchev–Trinajstić information content (AvgIpc) is 2.94. The Balaban J connectivity index is 2.13. The van der Waals surface area contributed by atoms with E-state index in [4.69, 9.17) is 5.11 Å². The molecule has 0 spiro atoms. The molecule has 2 N–H and O–H groups in total. The molecule has 1 aliphatic rings. The van der Waals surface area contributed by atoms with Gasteiger partial charge in [0.2, 0.25) is 15.9 Å². The largest absolute Gasteiger partial charge is 0.395 e. The second-order valence-electron chi connectivity index (χ2n) is 5.88. The molecule has 0 saturated carbocycles. The Bertz CT molecular complexity index is 750. The van der Waals surface area contributed by atoms with Crippen molar-refractivity contribution in [3.63, 3.8) is 0 Å². The SMILES string of the molecule is CCN1C[C@@H](NC(=O)c2cccc(S(=O)(=O)N(C)CCO)c2)CC1=O. The number of rotatable bonds is 7. The molecule has 9 heteroatoms. The molecule has 0 aromatic heterocycles. The van der Waals surface area contributed by atoms with Crippen molar-refractivity contribution in [2.75, 3.05) is 33.3 Å².